The third-order valence-electron chi connectivity index (χ3n) is 6.74. The van der Waals surface area contributed by atoms with Crippen molar-refractivity contribution in [3.05, 3.63) is 152 Å². The fourth-order valence-electron chi connectivity index (χ4n) is 4.40. The molecule has 0 saturated carbocycles. The number of nitrogens with zero attached hydrogens (tertiary/aromatic N) is 6. The number of allylic oxidation sites excluding steroid dienone is 2. The maximum atomic E-state index is 4.95. The number of aryl methyl sites for hydroxylation is 3. The van der Waals surface area contributed by atoms with Crippen molar-refractivity contribution >= 4 is 0 Å². The first-order valence-corrected chi connectivity index (χ1v) is 13.5. The summed E-state index contributed by atoms with van der Waals surface area (Å²) < 4.78 is 5.73. The summed E-state index contributed by atoms with van der Waals surface area (Å²) >= 11 is 0. The molecule has 0 atom stereocenters. The molecule has 0 aliphatic rings. The summed E-state index contributed by atoms with van der Waals surface area (Å²) in [6, 6.07) is 31.3. The Hall–Kier alpha value is -4.71. The molecule has 0 amide bonds. The molecule has 7 heteroatoms. The summed E-state index contributed by atoms with van der Waals surface area (Å²) in [6.45, 7) is 13.0. The van der Waals surface area contributed by atoms with Crippen LogP contribution in [0, 0.1) is 20.8 Å². The van der Waals surface area contributed by atoms with E-state index in [0.29, 0.717) is 0 Å². The standard InChI is InChI=1S/C31H28N6.C4H6.Mn/c1-22-4-10-25(11-5-22)28-16-19-35(32-28)31(36-20-17-29(33-36)26-12-6-23(2)7-13-26)37-21-18-30(34-37)27-14-8-24(3)9-15-27;1-3-4-2;/h4-21,31H,1-3H3;3-4H,1-2H2;. The van der Waals surface area contributed by atoms with E-state index in [1.807, 2.05) is 50.8 Å². The average molecular weight is 594 g/mol. The molecule has 1 radical (unpaired) electrons. The van der Waals surface area contributed by atoms with Crippen LogP contribution in [0.4, 0.5) is 0 Å². The maximum Gasteiger partial charge on any atom is 0.238 e. The van der Waals surface area contributed by atoms with Crippen LogP contribution in [-0.4, -0.2) is 29.3 Å². The van der Waals surface area contributed by atoms with Gasteiger partial charge in [-0.15, -0.1) is 0 Å². The Labute approximate surface area is 258 Å². The molecule has 0 aliphatic heterocycles. The molecule has 0 fully saturated rings. The van der Waals surface area contributed by atoms with E-state index in [1.54, 1.807) is 12.2 Å². The van der Waals surface area contributed by atoms with Crippen molar-refractivity contribution in [1.29, 1.82) is 0 Å². The van der Waals surface area contributed by atoms with E-state index in [2.05, 4.69) is 107 Å². The third-order valence-corrected chi connectivity index (χ3v) is 6.74. The van der Waals surface area contributed by atoms with Gasteiger partial charge < -0.3 is 0 Å². The van der Waals surface area contributed by atoms with Gasteiger partial charge >= 0.3 is 0 Å². The minimum atomic E-state index is -0.405. The minimum Gasteiger partial charge on any atom is -0.227 e. The van der Waals surface area contributed by atoms with Crippen LogP contribution < -0.4 is 0 Å². The second kappa shape index (κ2) is 13.8. The van der Waals surface area contributed by atoms with Crippen molar-refractivity contribution in [2.75, 3.05) is 0 Å². The molecule has 42 heavy (non-hydrogen) atoms. The Morgan fingerprint density at radius 3 is 0.976 bits per heavy atom. The van der Waals surface area contributed by atoms with Gasteiger partial charge in [-0.2, -0.15) is 15.3 Å². The normalized spacial score (nSPS) is 10.5. The summed E-state index contributed by atoms with van der Waals surface area (Å²) in [7, 11) is 0. The van der Waals surface area contributed by atoms with Crippen LogP contribution in [0.25, 0.3) is 33.8 Å². The van der Waals surface area contributed by atoms with Gasteiger partial charge in [0.25, 0.3) is 0 Å². The molecule has 0 spiro atoms. The van der Waals surface area contributed by atoms with Crippen LogP contribution in [0.1, 0.15) is 23.0 Å². The SMILES string of the molecule is C=CC=C.Cc1ccc(-c2ccn(C(n3ccc(-c4ccc(C)cc4)n3)n3ccc(-c4ccc(C)cc4)n3)n2)cc1.[Mn]. The Balaban J connectivity index is 0.000000763. The summed E-state index contributed by atoms with van der Waals surface area (Å²) in [5.41, 5.74) is 9.61. The van der Waals surface area contributed by atoms with E-state index in [4.69, 9.17) is 15.3 Å². The van der Waals surface area contributed by atoms with Crippen molar-refractivity contribution in [3.8, 4) is 33.8 Å². The summed E-state index contributed by atoms with van der Waals surface area (Å²) in [4.78, 5) is 0. The molecule has 0 bridgehead atoms. The first-order chi connectivity index (χ1) is 19.9. The average Bonchev–Trinajstić information content (AvgIpc) is 3.77. The first-order valence-electron chi connectivity index (χ1n) is 13.5. The summed E-state index contributed by atoms with van der Waals surface area (Å²) in [5, 5.41) is 14.8. The van der Waals surface area contributed by atoms with Gasteiger partial charge in [0.15, 0.2) is 0 Å². The van der Waals surface area contributed by atoms with Gasteiger partial charge in [0.1, 0.15) is 0 Å². The zero-order valence-corrected chi connectivity index (χ0v) is 25.3. The minimum absolute atomic E-state index is 0. The maximum absolute atomic E-state index is 4.95. The molecule has 6 nitrogen and oxygen atoms in total. The van der Waals surface area contributed by atoms with Gasteiger partial charge in [-0.05, 0) is 39.0 Å². The van der Waals surface area contributed by atoms with E-state index in [1.165, 1.54) is 16.7 Å². The monoisotopic (exact) mass is 593 g/mol. The summed E-state index contributed by atoms with van der Waals surface area (Å²) in [5.74, 6) is 0. The van der Waals surface area contributed by atoms with Crippen molar-refractivity contribution < 1.29 is 17.1 Å². The second-order valence-electron chi connectivity index (χ2n) is 9.96. The van der Waals surface area contributed by atoms with Crippen LogP contribution in [0.5, 0.6) is 0 Å². The van der Waals surface area contributed by atoms with Gasteiger partial charge in [0, 0.05) is 52.3 Å². The molecule has 211 valence electrons. The molecule has 0 unspecified atom stereocenters. The number of aromatic nitrogens is 6. The van der Waals surface area contributed by atoms with Crippen LogP contribution in [-0.2, 0) is 17.1 Å². The Bertz CT molecular complexity index is 1530. The van der Waals surface area contributed by atoms with E-state index < -0.39 is 6.29 Å². The van der Waals surface area contributed by atoms with Crippen LogP contribution in [0.3, 0.4) is 0 Å². The fourth-order valence-corrected chi connectivity index (χ4v) is 4.40. The smallest absolute Gasteiger partial charge is 0.227 e. The quantitative estimate of drug-likeness (QED) is 0.139. The van der Waals surface area contributed by atoms with Crippen molar-refractivity contribution in [2.24, 2.45) is 0 Å². The molecule has 0 N–H and O–H groups in total. The molecule has 3 aromatic carbocycles. The van der Waals surface area contributed by atoms with Gasteiger partial charge in [0.05, 0.1) is 17.1 Å². The van der Waals surface area contributed by atoms with Crippen molar-refractivity contribution in [1.82, 2.24) is 29.3 Å². The molecule has 3 aromatic heterocycles. The molecular formula is C35H34MnN6. The van der Waals surface area contributed by atoms with Gasteiger partial charge in [-0.1, -0.05) is 115 Å². The van der Waals surface area contributed by atoms with Gasteiger partial charge in [-0.25, -0.2) is 14.0 Å². The molecule has 6 rings (SSSR count). The van der Waals surface area contributed by atoms with Gasteiger partial charge in [-0.3, -0.25) is 0 Å². The van der Waals surface area contributed by atoms with Crippen LogP contribution >= 0.6 is 0 Å². The van der Waals surface area contributed by atoms with E-state index in [-0.39, 0.29) is 17.1 Å². The zero-order chi connectivity index (χ0) is 28.8. The Kier molecular flexibility index (Phi) is 9.92. The third kappa shape index (κ3) is 6.95. The molecule has 3 heterocycles. The van der Waals surface area contributed by atoms with Crippen molar-refractivity contribution in [2.45, 2.75) is 27.1 Å². The molecule has 6 aromatic rings. The molecular weight excluding hydrogens is 559 g/mol. The number of benzene rings is 3. The fraction of sp³-hybridized carbons (Fsp3) is 0.114. The largest absolute Gasteiger partial charge is 0.238 e. The number of hydrogen-bond donors (Lipinski definition) is 0. The van der Waals surface area contributed by atoms with Crippen LogP contribution in [0.2, 0.25) is 0 Å². The van der Waals surface area contributed by atoms with E-state index >= 15 is 0 Å². The van der Waals surface area contributed by atoms with E-state index in [0.717, 1.165) is 33.8 Å². The van der Waals surface area contributed by atoms with Gasteiger partial charge in [0.2, 0.25) is 6.29 Å². The van der Waals surface area contributed by atoms with E-state index in [9.17, 15) is 0 Å². The zero-order valence-electron chi connectivity index (χ0n) is 24.1. The Morgan fingerprint density at radius 2 is 0.738 bits per heavy atom. The predicted octanol–water partition coefficient (Wildman–Crippen LogP) is 8.11. The predicted molar refractivity (Wildman–Crippen MR) is 167 cm³/mol. The van der Waals surface area contributed by atoms with Crippen molar-refractivity contribution in [3.63, 3.8) is 0 Å². The Morgan fingerprint density at radius 1 is 0.476 bits per heavy atom. The molecule has 0 aliphatic carbocycles. The topological polar surface area (TPSA) is 53.5 Å². The number of rotatable bonds is 7. The second-order valence-corrected chi connectivity index (χ2v) is 9.96. The van der Waals surface area contributed by atoms with Crippen LogP contribution in [0.15, 0.2) is 135 Å². The molecule has 0 saturated heterocycles. The first kappa shape index (κ1) is 30.3. The summed E-state index contributed by atoms with van der Waals surface area (Å²) in [6.07, 6.45) is 8.83. The number of hydrogen-bond acceptors (Lipinski definition) is 3.